The number of carbonyl (C=O) groups excluding carboxylic acids is 1. The van der Waals surface area contributed by atoms with Crippen LogP contribution in [0.3, 0.4) is 0 Å². The van der Waals surface area contributed by atoms with Crippen molar-refractivity contribution in [3.05, 3.63) is 74.8 Å². The van der Waals surface area contributed by atoms with Gasteiger partial charge in [0.1, 0.15) is 6.54 Å². The number of nitrogens with zero attached hydrogens (tertiary/aromatic N) is 2. The van der Waals surface area contributed by atoms with Crippen molar-refractivity contribution < 1.29 is 4.79 Å². The van der Waals surface area contributed by atoms with Crippen molar-refractivity contribution in [2.45, 2.75) is 32.4 Å². The molecule has 27 heavy (non-hydrogen) atoms. The average Bonchev–Trinajstić information content (AvgIpc) is 2.63. The largest absolute Gasteiger partial charge is 0.352 e. The Morgan fingerprint density at radius 2 is 1.96 bits per heavy atom. The molecule has 3 aromatic rings. The molecule has 1 N–H and O–H groups in total. The van der Waals surface area contributed by atoms with E-state index in [9.17, 15) is 9.59 Å². The van der Waals surface area contributed by atoms with Crippen LogP contribution in [0.15, 0.2) is 53.6 Å². The summed E-state index contributed by atoms with van der Waals surface area (Å²) in [6, 6.07) is 13.1. The van der Waals surface area contributed by atoms with E-state index in [0.717, 1.165) is 12.8 Å². The third kappa shape index (κ3) is 4.87. The lowest BCUT2D eigenvalue weighted by molar-refractivity contribution is -0.122. The van der Waals surface area contributed by atoms with Crippen molar-refractivity contribution in [2.24, 2.45) is 0 Å². The van der Waals surface area contributed by atoms with Gasteiger partial charge in [0.15, 0.2) is 0 Å². The van der Waals surface area contributed by atoms with E-state index >= 15 is 0 Å². The third-order valence-corrected chi connectivity index (χ3v) is 4.78. The molecule has 140 valence electrons. The van der Waals surface area contributed by atoms with Crippen molar-refractivity contribution in [3.63, 3.8) is 0 Å². The van der Waals surface area contributed by atoms with E-state index in [1.807, 2.05) is 25.1 Å². The molecule has 2 aromatic carbocycles. The fourth-order valence-corrected chi connectivity index (χ4v) is 3.42. The van der Waals surface area contributed by atoms with E-state index in [1.54, 1.807) is 0 Å². The number of hydrogen-bond acceptors (Lipinski definition) is 3. The minimum absolute atomic E-state index is 0.00860. The fourth-order valence-electron chi connectivity index (χ4n) is 2.88. The zero-order valence-corrected chi connectivity index (χ0v) is 16.3. The minimum atomic E-state index is -0.350. The molecule has 1 unspecified atom stereocenters. The van der Waals surface area contributed by atoms with Gasteiger partial charge in [-0.15, -0.1) is 0 Å². The standard InChI is InChI=1S/C20H19Cl2N3O2/c1-13(7-8-14-5-3-2-4-6-14)24-18(26)11-25-12-23-19-16(20(25)27)9-15(21)10-17(19)22/h2-6,9-10,12-13H,7-8,11H2,1H3,(H,24,26). The molecule has 0 radical (unpaired) electrons. The summed E-state index contributed by atoms with van der Waals surface area (Å²) in [7, 11) is 0. The molecule has 0 aliphatic rings. The summed E-state index contributed by atoms with van der Waals surface area (Å²) in [6.07, 6.45) is 3.02. The molecule has 7 heteroatoms. The molecule has 0 bridgehead atoms. The Hall–Kier alpha value is -2.37. The molecule has 3 rings (SSSR count). The minimum Gasteiger partial charge on any atom is -0.352 e. The first-order chi connectivity index (χ1) is 12.9. The molecule has 0 aliphatic carbocycles. The topological polar surface area (TPSA) is 64.0 Å². The van der Waals surface area contributed by atoms with Crippen molar-refractivity contribution >= 4 is 40.0 Å². The maximum absolute atomic E-state index is 12.6. The summed E-state index contributed by atoms with van der Waals surface area (Å²) in [5.74, 6) is -0.244. The Labute approximate surface area is 166 Å². The Morgan fingerprint density at radius 3 is 2.70 bits per heavy atom. The number of amides is 1. The number of rotatable bonds is 6. The second-order valence-corrected chi connectivity index (χ2v) is 7.30. The number of hydrogen-bond donors (Lipinski definition) is 1. The van der Waals surface area contributed by atoms with Gasteiger partial charge in [-0.2, -0.15) is 0 Å². The van der Waals surface area contributed by atoms with Gasteiger partial charge in [-0.3, -0.25) is 14.2 Å². The highest BCUT2D eigenvalue weighted by Gasteiger charge is 2.13. The first-order valence-electron chi connectivity index (χ1n) is 8.61. The highest BCUT2D eigenvalue weighted by atomic mass is 35.5. The lowest BCUT2D eigenvalue weighted by Crippen LogP contribution is -2.37. The van der Waals surface area contributed by atoms with Gasteiger partial charge in [0.05, 0.1) is 22.3 Å². The monoisotopic (exact) mass is 403 g/mol. The molecule has 0 saturated heterocycles. The van der Waals surface area contributed by atoms with E-state index < -0.39 is 0 Å². The summed E-state index contributed by atoms with van der Waals surface area (Å²) in [6.45, 7) is 1.84. The molecule has 0 saturated carbocycles. The van der Waals surface area contributed by atoms with E-state index in [-0.39, 0.29) is 24.1 Å². The molecule has 1 heterocycles. The van der Waals surface area contributed by atoms with Gasteiger partial charge in [-0.05, 0) is 37.5 Å². The summed E-state index contributed by atoms with van der Waals surface area (Å²) in [5, 5.41) is 3.87. The van der Waals surface area contributed by atoms with E-state index in [1.165, 1.54) is 28.6 Å². The quantitative estimate of drug-likeness (QED) is 0.679. The number of carbonyl (C=O) groups is 1. The average molecular weight is 404 g/mol. The summed E-state index contributed by atoms with van der Waals surface area (Å²) in [5.41, 5.74) is 1.25. The molecular formula is C20H19Cl2N3O2. The van der Waals surface area contributed by atoms with Crippen LogP contribution < -0.4 is 10.9 Å². The molecule has 1 atom stereocenters. The van der Waals surface area contributed by atoms with Crippen LogP contribution in [0.4, 0.5) is 0 Å². The van der Waals surface area contributed by atoms with Gasteiger partial charge < -0.3 is 5.32 Å². The van der Waals surface area contributed by atoms with E-state index in [4.69, 9.17) is 23.2 Å². The van der Waals surface area contributed by atoms with Gasteiger partial charge in [0.25, 0.3) is 5.56 Å². The lowest BCUT2D eigenvalue weighted by atomic mass is 10.1. The second-order valence-electron chi connectivity index (χ2n) is 6.45. The third-order valence-electron chi connectivity index (χ3n) is 4.28. The van der Waals surface area contributed by atoms with Crippen LogP contribution >= 0.6 is 23.2 Å². The Balaban J connectivity index is 1.65. The van der Waals surface area contributed by atoms with E-state index in [0.29, 0.717) is 20.9 Å². The first-order valence-corrected chi connectivity index (χ1v) is 9.37. The Bertz CT molecular complexity index is 1020. The predicted molar refractivity (Wildman–Crippen MR) is 108 cm³/mol. The van der Waals surface area contributed by atoms with Crippen LogP contribution in [0, 0.1) is 0 Å². The molecule has 0 fully saturated rings. The molecule has 5 nitrogen and oxygen atoms in total. The fraction of sp³-hybridized carbons (Fsp3) is 0.250. The summed E-state index contributed by atoms with van der Waals surface area (Å²) in [4.78, 5) is 29.1. The smallest absolute Gasteiger partial charge is 0.261 e. The van der Waals surface area contributed by atoms with Gasteiger partial charge in [0.2, 0.25) is 5.91 Å². The lowest BCUT2D eigenvalue weighted by Gasteiger charge is -2.14. The number of halogens is 2. The van der Waals surface area contributed by atoms with Crippen LogP contribution in [-0.2, 0) is 17.8 Å². The summed E-state index contributed by atoms with van der Waals surface area (Å²) >= 11 is 12.0. The number of aryl methyl sites for hydroxylation is 1. The number of fused-ring (bicyclic) bond motifs is 1. The zero-order chi connectivity index (χ0) is 19.4. The maximum atomic E-state index is 12.6. The SMILES string of the molecule is CC(CCc1ccccc1)NC(=O)Cn1cnc2c(Cl)cc(Cl)cc2c1=O. The van der Waals surface area contributed by atoms with E-state index in [2.05, 4.69) is 22.4 Å². The molecule has 0 aliphatic heterocycles. The van der Waals surface area contributed by atoms with Crippen molar-refractivity contribution in [2.75, 3.05) is 0 Å². The predicted octanol–water partition coefficient (Wildman–Crippen LogP) is 3.84. The maximum Gasteiger partial charge on any atom is 0.261 e. The van der Waals surface area contributed by atoms with Crippen LogP contribution in [0.25, 0.3) is 10.9 Å². The number of aromatic nitrogens is 2. The van der Waals surface area contributed by atoms with Crippen molar-refractivity contribution in [1.82, 2.24) is 14.9 Å². The van der Waals surface area contributed by atoms with Crippen LogP contribution in [0.5, 0.6) is 0 Å². The number of benzene rings is 2. The molecular weight excluding hydrogens is 385 g/mol. The Kier molecular flexibility index (Phi) is 6.14. The normalized spacial score (nSPS) is 12.1. The molecule has 0 spiro atoms. The van der Waals surface area contributed by atoms with Crippen LogP contribution in [0.1, 0.15) is 18.9 Å². The molecule has 1 amide bonds. The second kappa shape index (κ2) is 8.55. The highest BCUT2D eigenvalue weighted by molar-refractivity contribution is 6.38. The zero-order valence-electron chi connectivity index (χ0n) is 14.8. The van der Waals surface area contributed by atoms with Gasteiger partial charge in [-0.25, -0.2) is 4.98 Å². The van der Waals surface area contributed by atoms with Crippen molar-refractivity contribution in [1.29, 1.82) is 0 Å². The van der Waals surface area contributed by atoms with Gasteiger partial charge in [-0.1, -0.05) is 53.5 Å². The van der Waals surface area contributed by atoms with Gasteiger partial charge >= 0.3 is 0 Å². The highest BCUT2D eigenvalue weighted by Crippen LogP contribution is 2.23. The first kappa shape index (κ1) is 19.4. The molecule has 1 aromatic heterocycles. The van der Waals surface area contributed by atoms with Gasteiger partial charge in [0, 0.05) is 11.1 Å². The van der Waals surface area contributed by atoms with Crippen LogP contribution in [-0.4, -0.2) is 21.5 Å². The van der Waals surface area contributed by atoms with Crippen LogP contribution in [0.2, 0.25) is 10.0 Å². The Morgan fingerprint density at radius 1 is 1.22 bits per heavy atom. The van der Waals surface area contributed by atoms with Crippen molar-refractivity contribution in [3.8, 4) is 0 Å². The number of nitrogens with one attached hydrogen (secondary N) is 1. The summed E-state index contributed by atoms with van der Waals surface area (Å²) < 4.78 is 1.26.